The number of aliphatic hydroxyl groups is 1. The van der Waals surface area contributed by atoms with Gasteiger partial charge in [-0.15, -0.1) is 11.3 Å². The molecule has 30 heavy (non-hydrogen) atoms. The minimum atomic E-state index is -0.489. The number of hydrogen-bond acceptors (Lipinski definition) is 7. The molecule has 2 aromatic rings. The second-order valence-electron chi connectivity index (χ2n) is 9.36. The smallest absolute Gasteiger partial charge is 0.410 e. The second kappa shape index (κ2) is 8.30. The van der Waals surface area contributed by atoms with Crippen molar-refractivity contribution in [1.29, 1.82) is 0 Å². The fraction of sp³-hybridized carbons (Fsp3) is 0.682. The van der Waals surface area contributed by atoms with Gasteiger partial charge in [-0.1, -0.05) is 0 Å². The van der Waals surface area contributed by atoms with Crippen molar-refractivity contribution in [2.45, 2.75) is 83.0 Å². The molecule has 0 aliphatic heterocycles. The van der Waals surface area contributed by atoms with Crippen LogP contribution in [0.3, 0.4) is 0 Å². The van der Waals surface area contributed by atoms with Crippen molar-refractivity contribution >= 4 is 27.6 Å². The van der Waals surface area contributed by atoms with Gasteiger partial charge >= 0.3 is 6.09 Å². The molecule has 0 unspecified atom stereocenters. The molecule has 2 aliphatic carbocycles. The molecule has 1 fully saturated rings. The lowest BCUT2D eigenvalue weighted by molar-refractivity contribution is 0.0137. The highest BCUT2D eigenvalue weighted by Gasteiger charge is 2.33. The number of aliphatic hydroxyl groups excluding tert-OH is 1. The van der Waals surface area contributed by atoms with Crippen LogP contribution in [0.2, 0.25) is 0 Å². The van der Waals surface area contributed by atoms with E-state index in [0.717, 1.165) is 48.7 Å². The van der Waals surface area contributed by atoms with Gasteiger partial charge in [-0.2, -0.15) is 0 Å². The van der Waals surface area contributed by atoms with Crippen LogP contribution < -0.4 is 4.74 Å². The van der Waals surface area contributed by atoms with Crippen LogP contribution in [-0.2, 0) is 11.2 Å². The van der Waals surface area contributed by atoms with Crippen LogP contribution in [0.4, 0.5) is 4.79 Å². The van der Waals surface area contributed by atoms with E-state index in [1.165, 1.54) is 10.4 Å². The molecule has 0 saturated heterocycles. The Morgan fingerprint density at radius 1 is 1.23 bits per heavy atom. The highest BCUT2D eigenvalue weighted by molar-refractivity contribution is 7.19. The molecule has 0 aromatic carbocycles. The number of amides is 1. The van der Waals surface area contributed by atoms with E-state index in [1.54, 1.807) is 22.6 Å². The molecule has 4 rings (SSSR count). The average Bonchev–Trinajstić information content (AvgIpc) is 3.26. The van der Waals surface area contributed by atoms with Crippen LogP contribution in [0, 0.1) is 0 Å². The number of aromatic nitrogens is 2. The average molecular weight is 434 g/mol. The number of nitrogens with zero attached hydrogens (tertiary/aromatic N) is 3. The van der Waals surface area contributed by atoms with E-state index in [9.17, 15) is 9.90 Å². The Morgan fingerprint density at radius 2 is 1.97 bits per heavy atom. The molecule has 0 bridgehead atoms. The number of hydrogen-bond donors (Lipinski definition) is 1. The van der Waals surface area contributed by atoms with Crippen molar-refractivity contribution in [3.63, 3.8) is 0 Å². The van der Waals surface area contributed by atoms with Crippen LogP contribution in [0.1, 0.15) is 69.2 Å². The van der Waals surface area contributed by atoms with Crippen LogP contribution in [0.25, 0.3) is 10.2 Å². The maximum Gasteiger partial charge on any atom is 0.410 e. The summed E-state index contributed by atoms with van der Waals surface area (Å²) in [6.07, 6.45) is 6.79. The normalized spacial score (nSPS) is 24.0. The Kier molecular flexibility index (Phi) is 5.90. The Bertz CT molecular complexity index is 915. The van der Waals surface area contributed by atoms with E-state index in [0.29, 0.717) is 5.88 Å². The van der Waals surface area contributed by atoms with E-state index in [2.05, 4.69) is 9.97 Å². The predicted molar refractivity (Wildman–Crippen MR) is 116 cm³/mol. The first-order chi connectivity index (χ1) is 14.3. The minimum absolute atomic E-state index is 0.0657. The van der Waals surface area contributed by atoms with Gasteiger partial charge < -0.3 is 19.5 Å². The summed E-state index contributed by atoms with van der Waals surface area (Å²) in [6.45, 7) is 5.80. The van der Waals surface area contributed by atoms with Crippen molar-refractivity contribution < 1.29 is 19.4 Å². The number of carbonyl (C=O) groups excluding carboxylic acids is 1. The van der Waals surface area contributed by atoms with Crippen molar-refractivity contribution in [1.82, 2.24) is 14.9 Å². The number of carbonyl (C=O) groups is 1. The highest BCUT2D eigenvalue weighted by Crippen LogP contribution is 2.46. The molecule has 0 spiro atoms. The number of rotatable bonds is 4. The first kappa shape index (κ1) is 21.3. The molecule has 1 N–H and O–H groups in total. The van der Waals surface area contributed by atoms with Crippen LogP contribution >= 0.6 is 11.3 Å². The Morgan fingerprint density at radius 3 is 2.63 bits per heavy atom. The van der Waals surface area contributed by atoms with Gasteiger partial charge in [0.2, 0.25) is 5.88 Å². The molecule has 2 heterocycles. The summed E-state index contributed by atoms with van der Waals surface area (Å²) in [5.41, 5.74) is 0.698. The summed E-state index contributed by atoms with van der Waals surface area (Å²) in [4.78, 5) is 25.2. The number of thiophene rings is 1. The zero-order chi connectivity index (χ0) is 21.5. The standard InChI is InChI=1S/C22H31N3O4S/c1-22(2,3)29-21(27)25(4)14-6-8-15(9-7-14)28-19-18-17-13(11-26)5-10-16(17)30-20(18)24-12-23-19/h12-15,26H,5-11H2,1-4H3/t13-,14-,15-/m0/s1. The van der Waals surface area contributed by atoms with Gasteiger partial charge in [0, 0.05) is 23.9 Å². The SMILES string of the molecule is CN(C(=O)OC(C)(C)C)[C@H]1CC[C@H](Oc2ncnc3sc4c(c23)[C@H](CO)CC4)CC1. The third kappa shape index (κ3) is 4.25. The highest BCUT2D eigenvalue weighted by atomic mass is 32.1. The van der Waals surface area contributed by atoms with Gasteiger partial charge in [0.1, 0.15) is 22.9 Å². The zero-order valence-electron chi connectivity index (χ0n) is 18.2. The van der Waals surface area contributed by atoms with E-state index >= 15 is 0 Å². The Labute approximate surface area is 181 Å². The van der Waals surface area contributed by atoms with Crippen LogP contribution in [0.5, 0.6) is 5.88 Å². The quantitative estimate of drug-likeness (QED) is 0.775. The van der Waals surface area contributed by atoms with Gasteiger partial charge in [-0.25, -0.2) is 14.8 Å². The van der Waals surface area contributed by atoms with E-state index in [-0.39, 0.29) is 30.8 Å². The fourth-order valence-electron chi connectivity index (χ4n) is 4.50. The lowest BCUT2D eigenvalue weighted by atomic mass is 9.92. The molecule has 1 atom stereocenters. The number of fused-ring (bicyclic) bond motifs is 3. The maximum absolute atomic E-state index is 12.4. The van der Waals surface area contributed by atoms with Crippen molar-refractivity contribution in [2.75, 3.05) is 13.7 Å². The minimum Gasteiger partial charge on any atom is -0.474 e. The molecule has 1 amide bonds. The molecule has 2 aromatic heterocycles. The summed E-state index contributed by atoms with van der Waals surface area (Å²) in [5, 5.41) is 10.8. The summed E-state index contributed by atoms with van der Waals surface area (Å²) in [7, 11) is 1.82. The first-order valence-corrected chi connectivity index (χ1v) is 11.6. The summed E-state index contributed by atoms with van der Waals surface area (Å²) >= 11 is 1.69. The molecule has 0 radical (unpaired) electrons. The molecule has 7 nitrogen and oxygen atoms in total. The first-order valence-electron chi connectivity index (χ1n) is 10.8. The van der Waals surface area contributed by atoms with Crippen LogP contribution in [-0.4, -0.2) is 57.5 Å². The van der Waals surface area contributed by atoms with E-state index in [1.807, 2.05) is 27.8 Å². The van der Waals surface area contributed by atoms with Gasteiger partial charge in [-0.05, 0) is 64.9 Å². The van der Waals surface area contributed by atoms with Gasteiger partial charge in [0.15, 0.2) is 0 Å². The van der Waals surface area contributed by atoms with Crippen LogP contribution in [0.15, 0.2) is 6.33 Å². The summed E-state index contributed by atoms with van der Waals surface area (Å²) in [5.74, 6) is 0.794. The summed E-state index contributed by atoms with van der Waals surface area (Å²) in [6, 6.07) is 0.161. The molecule has 1 saturated carbocycles. The van der Waals surface area contributed by atoms with Gasteiger partial charge in [0.25, 0.3) is 0 Å². The fourth-order valence-corrected chi connectivity index (χ4v) is 5.73. The molecule has 2 aliphatic rings. The topological polar surface area (TPSA) is 84.8 Å². The Hall–Kier alpha value is -1.93. The Balaban J connectivity index is 1.43. The second-order valence-corrected chi connectivity index (χ2v) is 10.4. The predicted octanol–water partition coefficient (Wildman–Crippen LogP) is 4.27. The lowest BCUT2D eigenvalue weighted by Gasteiger charge is -2.35. The van der Waals surface area contributed by atoms with Crippen molar-refractivity contribution in [3.8, 4) is 5.88 Å². The van der Waals surface area contributed by atoms with Gasteiger partial charge in [0.05, 0.1) is 12.0 Å². The number of aryl methyl sites for hydroxylation is 1. The largest absolute Gasteiger partial charge is 0.474 e. The molecular weight excluding hydrogens is 402 g/mol. The van der Waals surface area contributed by atoms with Crippen molar-refractivity contribution in [2.24, 2.45) is 0 Å². The third-order valence-corrected chi connectivity index (χ3v) is 7.24. The number of ether oxygens (including phenoxy) is 2. The molecule has 8 heteroatoms. The van der Waals surface area contributed by atoms with E-state index < -0.39 is 5.60 Å². The maximum atomic E-state index is 12.4. The lowest BCUT2D eigenvalue weighted by Crippen LogP contribution is -2.43. The molecule has 164 valence electrons. The van der Waals surface area contributed by atoms with E-state index in [4.69, 9.17) is 9.47 Å². The third-order valence-electron chi connectivity index (χ3n) is 6.07. The zero-order valence-corrected chi connectivity index (χ0v) is 19.0. The summed E-state index contributed by atoms with van der Waals surface area (Å²) < 4.78 is 11.9. The van der Waals surface area contributed by atoms with Crippen molar-refractivity contribution in [3.05, 3.63) is 16.8 Å². The van der Waals surface area contributed by atoms with Gasteiger partial charge in [-0.3, -0.25) is 0 Å². The monoisotopic (exact) mass is 433 g/mol. The molecular formula is C22H31N3O4S.